The molecular formula is C27H35N5O3. The van der Waals surface area contributed by atoms with Gasteiger partial charge in [0.25, 0.3) is 0 Å². The number of hydrogen-bond donors (Lipinski definition) is 1. The highest BCUT2D eigenvalue weighted by Crippen LogP contribution is 2.36. The van der Waals surface area contributed by atoms with Gasteiger partial charge in [-0.15, -0.1) is 0 Å². The Morgan fingerprint density at radius 2 is 2.03 bits per heavy atom. The summed E-state index contributed by atoms with van der Waals surface area (Å²) in [6, 6.07) is 9.82. The van der Waals surface area contributed by atoms with Crippen molar-refractivity contribution in [3.8, 4) is 11.8 Å². The van der Waals surface area contributed by atoms with Crippen molar-refractivity contribution in [2.75, 3.05) is 50.1 Å². The fourth-order valence-corrected chi connectivity index (χ4v) is 4.83. The van der Waals surface area contributed by atoms with Gasteiger partial charge in [0, 0.05) is 55.6 Å². The summed E-state index contributed by atoms with van der Waals surface area (Å²) >= 11 is 0. The molecule has 8 heteroatoms. The normalized spacial score (nSPS) is 17.4. The molecular weight excluding hydrogens is 442 g/mol. The van der Waals surface area contributed by atoms with Crippen LogP contribution in [-0.4, -0.2) is 61.2 Å². The van der Waals surface area contributed by atoms with E-state index in [2.05, 4.69) is 42.0 Å². The molecule has 186 valence electrons. The molecule has 2 aromatic rings. The summed E-state index contributed by atoms with van der Waals surface area (Å²) in [6.45, 7) is 10.0. The second-order valence-electron chi connectivity index (χ2n) is 9.84. The van der Waals surface area contributed by atoms with Crippen LogP contribution in [0.25, 0.3) is 0 Å². The van der Waals surface area contributed by atoms with Crippen molar-refractivity contribution in [2.45, 2.75) is 52.2 Å². The Kier molecular flexibility index (Phi) is 7.58. The van der Waals surface area contributed by atoms with Crippen LogP contribution in [-0.2, 0) is 29.0 Å². The fourth-order valence-electron chi connectivity index (χ4n) is 4.83. The number of anilines is 2. The zero-order valence-electron chi connectivity index (χ0n) is 21.2. The van der Waals surface area contributed by atoms with Crippen LogP contribution in [0.4, 0.5) is 11.5 Å². The van der Waals surface area contributed by atoms with Crippen LogP contribution in [0.1, 0.15) is 49.6 Å². The van der Waals surface area contributed by atoms with E-state index >= 15 is 0 Å². The summed E-state index contributed by atoms with van der Waals surface area (Å²) in [6.07, 6.45) is 2.57. The monoisotopic (exact) mass is 477 g/mol. The number of ether oxygens (including phenoxy) is 2. The number of carbonyl (C=O) groups excluding carboxylic acids is 1. The summed E-state index contributed by atoms with van der Waals surface area (Å²) in [5.74, 6) is 1.44. The lowest BCUT2D eigenvalue weighted by Gasteiger charge is -2.38. The largest absolute Gasteiger partial charge is 0.497 e. The number of benzene rings is 1. The molecule has 1 amide bonds. The molecule has 2 aliphatic heterocycles. The van der Waals surface area contributed by atoms with Crippen LogP contribution in [0.2, 0.25) is 0 Å². The van der Waals surface area contributed by atoms with E-state index in [1.807, 2.05) is 18.2 Å². The second kappa shape index (κ2) is 10.6. The Balaban J connectivity index is 1.45. The molecule has 0 spiro atoms. The summed E-state index contributed by atoms with van der Waals surface area (Å²) in [7, 11) is 1.61. The molecule has 4 rings (SSSR count). The maximum atomic E-state index is 12.6. The lowest BCUT2D eigenvalue weighted by atomic mass is 9.87. The average molecular weight is 478 g/mol. The maximum absolute atomic E-state index is 12.6. The van der Waals surface area contributed by atoms with E-state index in [0.717, 1.165) is 67.3 Å². The topological polar surface area (TPSA) is 90.7 Å². The number of rotatable bonds is 7. The molecule has 0 bridgehead atoms. The van der Waals surface area contributed by atoms with Gasteiger partial charge in [0.2, 0.25) is 5.91 Å². The van der Waals surface area contributed by atoms with E-state index in [9.17, 15) is 10.1 Å². The Hall–Kier alpha value is -3.15. The minimum atomic E-state index is -0.296. The Bertz CT molecular complexity index is 1120. The predicted molar refractivity (Wildman–Crippen MR) is 136 cm³/mol. The molecule has 0 unspecified atom stereocenters. The zero-order chi connectivity index (χ0) is 25.0. The van der Waals surface area contributed by atoms with Crippen molar-refractivity contribution < 1.29 is 14.3 Å². The van der Waals surface area contributed by atoms with E-state index in [0.29, 0.717) is 30.9 Å². The van der Waals surface area contributed by atoms with Gasteiger partial charge in [-0.3, -0.25) is 9.69 Å². The van der Waals surface area contributed by atoms with Gasteiger partial charge in [0.15, 0.2) is 0 Å². The van der Waals surface area contributed by atoms with Gasteiger partial charge < -0.3 is 19.7 Å². The summed E-state index contributed by atoms with van der Waals surface area (Å²) < 4.78 is 11.3. The first kappa shape index (κ1) is 25.0. The number of nitriles is 1. The minimum Gasteiger partial charge on any atom is -0.497 e. The van der Waals surface area contributed by atoms with Crippen molar-refractivity contribution in [3.63, 3.8) is 0 Å². The molecule has 1 N–H and O–H groups in total. The molecule has 3 heterocycles. The third kappa shape index (κ3) is 5.75. The number of aryl methyl sites for hydroxylation is 1. The third-order valence-electron chi connectivity index (χ3n) is 6.68. The first-order chi connectivity index (χ1) is 16.8. The summed E-state index contributed by atoms with van der Waals surface area (Å²) in [4.78, 5) is 21.9. The van der Waals surface area contributed by atoms with Crippen LogP contribution in [0.15, 0.2) is 24.3 Å². The van der Waals surface area contributed by atoms with Crippen molar-refractivity contribution in [2.24, 2.45) is 0 Å². The van der Waals surface area contributed by atoms with Gasteiger partial charge in [0.05, 0.1) is 31.4 Å². The van der Waals surface area contributed by atoms with Gasteiger partial charge >= 0.3 is 0 Å². The van der Waals surface area contributed by atoms with E-state index in [1.54, 1.807) is 13.2 Å². The number of nitrogens with zero attached hydrogens (tertiary/aromatic N) is 4. The van der Waals surface area contributed by atoms with Crippen molar-refractivity contribution >= 4 is 17.4 Å². The molecule has 1 fully saturated rings. The number of carbonyl (C=O) groups is 1. The Labute approximate surface area is 207 Å². The molecule has 0 atom stereocenters. The lowest BCUT2D eigenvalue weighted by molar-refractivity contribution is -0.117. The number of nitrogens with one attached hydrogen (secondary N) is 1. The van der Waals surface area contributed by atoms with Crippen molar-refractivity contribution in [3.05, 3.63) is 46.6 Å². The highest BCUT2D eigenvalue weighted by Gasteiger charge is 2.33. The number of fused-ring (bicyclic) bond motifs is 1. The molecule has 1 aromatic heterocycles. The molecule has 0 radical (unpaired) electrons. The van der Waals surface area contributed by atoms with Crippen LogP contribution >= 0.6 is 0 Å². The maximum Gasteiger partial charge on any atom is 0.238 e. The molecule has 1 saturated heterocycles. The first-order valence-corrected chi connectivity index (χ1v) is 12.3. The third-order valence-corrected chi connectivity index (χ3v) is 6.68. The van der Waals surface area contributed by atoms with Crippen LogP contribution in [0.3, 0.4) is 0 Å². The number of amides is 1. The zero-order valence-corrected chi connectivity index (χ0v) is 21.2. The quantitative estimate of drug-likeness (QED) is 0.652. The number of methoxy groups -OCH3 is 1. The van der Waals surface area contributed by atoms with E-state index in [4.69, 9.17) is 14.5 Å². The summed E-state index contributed by atoms with van der Waals surface area (Å²) in [5, 5.41) is 13.1. The van der Waals surface area contributed by atoms with E-state index in [-0.39, 0.29) is 11.5 Å². The van der Waals surface area contributed by atoms with Crippen molar-refractivity contribution in [1.82, 2.24) is 9.88 Å². The first-order valence-electron chi connectivity index (χ1n) is 12.3. The Morgan fingerprint density at radius 1 is 1.26 bits per heavy atom. The molecule has 0 aliphatic carbocycles. The van der Waals surface area contributed by atoms with Gasteiger partial charge in [-0.2, -0.15) is 5.26 Å². The molecule has 2 aliphatic rings. The number of hydrogen-bond acceptors (Lipinski definition) is 7. The van der Waals surface area contributed by atoms with Crippen molar-refractivity contribution in [1.29, 1.82) is 5.26 Å². The smallest absolute Gasteiger partial charge is 0.238 e. The molecule has 1 aromatic carbocycles. The minimum absolute atomic E-state index is 0.0520. The highest BCUT2D eigenvalue weighted by atomic mass is 16.5. The van der Waals surface area contributed by atoms with E-state index < -0.39 is 0 Å². The predicted octanol–water partition coefficient (Wildman–Crippen LogP) is 3.53. The SMILES string of the molecule is CCCc1nc(N2CCN(CC(=O)Nc3cccc(OC)c3)CC2)c(C#N)c2c1COC(C)(C)C2. The molecule has 8 nitrogen and oxygen atoms in total. The Morgan fingerprint density at radius 3 is 2.71 bits per heavy atom. The van der Waals surface area contributed by atoms with Gasteiger partial charge in [-0.25, -0.2) is 4.98 Å². The summed E-state index contributed by atoms with van der Waals surface area (Å²) in [5.41, 5.74) is 4.35. The average Bonchev–Trinajstić information content (AvgIpc) is 2.84. The van der Waals surface area contributed by atoms with Gasteiger partial charge in [-0.1, -0.05) is 19.4 Å². The van der Waals surface area contributed by atoms with E-state index in [1.165, 1.54) is 0 Å². The van der Waals surface area contributed by atoms with Crippen LogP contribution < -0.4 is 15.0 Å². The number of piperazine rings is 1. The lowest BCUT2D eigenvalue weighted by Crippen LogP contribution is -2.49. The second-order valence-corrected chi connectivity index (χ2v) is 9.84. The van der Waals surface area contributed by atoms with Gasteiger partial charge in [0.1, 0.15) is 17.6 Å². The van der Waals surface area contributed by atoms with Crippen LogP contribution in [0.5, 0.6) is 5.75 Å². The number of aromatic nitrogens is 1. The number of pyridine rings is 1. The van der Waals surface area contributed by atoms with Gasteiger partial charge in [-0.05, 0) is 38.0 Å². The standard InChI is InChI=1S/C27H35N5O3/c1-5-7-24-23-18-35-27(2,3)15-21(23)22(16-28)26(30-24)32-12-10-31(11-13-32)17-25(33)29-19-8-6-9-20(14-19)34-4/h6,8-9,14H,5,7,10-13,15,17-18H2,1-4H3,(H,29,33). The molecule has 35 heavy (non-hydrogen) atoms. The van der Waals surface area contributed by atoms with Crippen LogP contribution in [0, 0.1) is 11.3 Å². The fraction of sp³-hybridized carbons (Fsp3) is 0.519. The molecule has 0 saturated carbocycles. The highest BCUT2D eigenvalue weighted by molar-refractivity contribution is 5.92.